The molecule has 1 aromatic heterocycles. The highest BCUT2D eigenvalue weighted by atomic mass is 32.2. The molecule has 0 spiro atoms. The van der Waals surface area contributed by atoms with Crippen molar-refractivity contribution >= 4 is 23.5 Å². The number of halogens is 2. The minimum Gasteiger partial charge on any atom is -0.308 e. The minimum atomic E-state index is -0.624. The van der Waals surface area contributed by atoms with Crippen LogP contribution >= 0.6 is 11.8 Å². The first-order valence-corrected chi connectivity index (χ1v) is 7.37. The zero-order valence-electron chi connectivity index (χ0n) is 11.4. The molecule has 3 rings (SSSR count). The zero-order valence-corrected chi connectivity index (χ0v) is 12.2. The van der Waals surface area contributed by atoms with Crippen LogP contribution < -0.4 is 5.32 Å². The number of nitrogens with zero attached hydrogens (tertiary/aromatic N) is 1. The molecule has 1 aliphatic rings. The van der Waals surface area contributed by atoms with E-state index in [1.165, 1.54) is 23.9 Å². The Kier molecular flexibility index (Phi) is 3.44. The van der Waals surface area contributed by atoms with E-state index < -0.39 is 16.9 Å². The van der Waals surface area contributed by atoms with Gasteiger partial charge in [-0.3, -0.25) is 9.89 Å². The summed E-state index contributed by atoms with van der Waals surface area (Å²) in [6.07, 6.45) is 0. The summed E-state index contributed by atoms with van der Waals surface area (Å²) in [5, 5.41) is 8.79. The second kappa shape index (κ2) is 5.14. The fraction of sp³-hybridized carbons (Fsp3) is 0.286. The van der Waals surface area contributed by atoms with Crippen LogP contribution in [0.1, 0.15) is 29.0 Å². The third kappa shape index (κ3) is 2.42. The number of carbonyl (C=O) groups is 1. The monoisotopic (exact) mass is 309 g/mol. The van der Waals surface area contributed by atoms with Gasteiger partial charge in [-0.1, -0.05) is 6.07 Å². The van der Waals surface area contributed by atoms with Crippen LogP contribution in [0.15, 0.2) is 18.2 Å². The van der Waals surface area contributed by atoms with Crippen LogP contribution in [0.4, 0.5) is 14.6 Å². The van der Waals surface area contributed by atoms with Gasteiger partial charge in [0.25, 0.3) is 0 Å². The topological polar surface area (TPSA) is 57.8 Å². The number of thioether (sulfide) groups is 1. The van der Waals surface area contributed by atoms with Crippen molar-refractivity contribution in [2.75, 3.05) is 5.32 Å². The van der Waals surface area contributed by atoms with Gasteiger partial charge in [-0.2, -0.15) is 5.10 Å². The van der Waals surface area contributed by atoms with Gasteiger partial charge >= 0.3 is 0 Å². The van der Waals surface area contributed by atoms with Crippen LogP contribution in [-0.4, -0.2) is 21.4 Å². The summed E-state index contributed by atoms with van der Waals surface area (Å²) in [5.74, 6) is -1.03. The van der Waals surface area contributed by atoms with E-state index in [1.807, 2.05) is 6.92 Å². The van der Waals surface area contributed by atoms with Crippen molar-refractivity contribution in [3.63, 3.8) is 0 Å². The van der Waals surface area contributed by atoms with E-state index in [4.69, 9.17) is 0 Å². The number of aromatic amines is 1. The summed E-state index contributed by atoms with van der Waals surface area (Å²) < 4.78 is 27.3. The average molecular weight is 309 g/mol. The maximum Gasteiger partial charge on any atom is 0.238 e. The molecule has 1 amide bonds. The first kappa shape index (κ1) is 14.1. The summed E-state index contributed by atoms with van der Waals surface area (Å²) in [7, 11) is 0. The standard InChI is InChI=1S/C14H13F2N3OS/c1-6-11-12(9-4-3-8(15)5-10(9)16)21-7(2)14(20)17-13(11)19-18-6/h3-5,7,12H,1-2H3,(H2,17,18,19,20)/t7-,12-/m1/s1. The van der Waals surface area contributed by atoms with Gasteiger partial charge < -0.3 is 5.32 Å². The molecule has 2 atom stereocenters. The number of fused-ring (bicyclic) bond motifs is 1. The fourth-order valence-electron chi connectivity index (χ4n) is 2.35. The lowest BCUT2D eigenvalue weighted by Crippen LogP contribution is -2.21. The lowest BCUT2D eigenvalue weighted by atomic mass is 10.0. The Hall–Kier alpha value is -1.89. The number of H-pyrrole nitrogens is 1. The highest BCUT2D eigenvalue weighted by Gasteiger charge is 2.33. The van der Waals surface area contributed by atoms with E-state index in [2.05, 4.69) is 15.5 Å². The molecule has 21 heavy (non-hydrogen) atoms. The van der Waals surface area contributed by atoms with Gasteiger partial charge in [0.2, 0.25) is 5.91 Å². The Bertz CT molecular complexity index is 716. The molecule has 0 saturated carbocycles. The maximum atomic E-state index is 14.1. The van der Waals surface area contributed by atoms with Gasteiger partial charge in [0.1, 0.15) is 11.6 Å². The third-order valence-electron chi connectivity index (χ3n) is 3.45. The summed E-state index contributed by atoms with van der Waals surface area (Å²) in [6, 6.07) is 3.50. The predicted molar refractivity (Wildman–Crippen MR) is 77.2 cm³/mol. The lowest BCUT2D eigenvalue weighted by Gasteiger charge is -2.18. The molecule has 2 heterocycles. The lowest BCUT2D eigenvalue weighted by molar-refractivity contribution is -0.115. The molecule has 0 fully saturated rings. The Morgan fingerprint density at radius 1 is 1.33 bits per heavy atom. The van der Waals surface area contributed by atoms with Crippen molar-refractivity contribution in [1.82, 2.24) is 10.2 Å². The highest BCUT2D eigenvalue weighted by molar-refractivity contribution is 8.01. The number of hydrogen-bond acceptors (Lipinski definition) is 3. The minimum absolute atomic E-state index is 0.183. The summed E-state index contributed by atoms with van der Waals surface area (Å²) in [4.78, 5) is 12.0. The molecule has 1 aromatic carbocycles. The zero-order chi connectivity index (χ0) is 15.1. The van der Waals surface area contributed by atoms with Crippen molar-refractivity contribution < 1.29 is 13.6 Å². The van der Waals surface area contributed by atoms with Crippen LogP contribution in [0, 0.1) is 18.6 Å². The Morgan fingerprint density at radius 3 is 2.81 bits per heavy atom. The average Bonchev–Trinajstić information content (AvgIpc) is 2.71. The number of anilines is 1. The molecule has 0 unspecified atom stereocenters. The third-order valence-corrected chi connectivity index (χ3v) is 4.84. The van der Waals surface area contributed by atoms with Gasteiger partial charge in [-0.05, 0) is 19.9 Å². The van der Waals surface area contributed by atoms with Crippen LogP contribution in [-0.2, 0) is 4.79 Å². The Labute approximate surface area is 124 Å². The second-order valence-corrected chi connectivity index (χ2v) is 6.38. The Morgan fingerprint density at radius 2 is 2.10 bits per heavy atom. The first-order chi connectivity index (χ1) is 9.97. The molecule has 0 aliphatic carbocycles. The molecule has 0 bridgehead atoms. The van der Waals surface area contributed by atoms with Gasteiger partial charge in [0.05, 0.1) is 10.5 Å². The van der Waals surface area contributed by atoms with Crippen molar-refractivity contribution in [2.45, 2.75) is 24.3 Å². The smallest absolute Gasteiger partial charge is 0.238 e. The molecule has 1 aliphatic heterocycles. The van der Waals surface area contributed by atoms with Crippen LogP contribution in [0.3, 0.4) is 0 Å². The maximum absolute atomic E-state index is 14.1. The quantitative estimate of drug-likeness (QED) is 0.851. The van der Waals surface area contributed by atoms with E-state index in [0.717, 1.165) is 17.3 Å². The Balaban J connectivity index is 2.15. The number of rotatable bonds is 1. The van der Waals surface area contributed by atoms with Crippen LogP contribution in [0.2, 0.25) is 0 Å². The molecule has 7 heteroatoms. The van der Waals surface area contributed by atoms with Gasteiger partial charge in [0, 0.05) is 22.9 Å². The summed E-state index contributed by atoms with van der Waals surface area (Å²) >= 11 is 1.32. The number of aromatic nitrogens is 2. The molecular weight excluding hydrogens is 296 g/mol. The number of aryl methyl sites for hydroxylation is 1. The van der Waals surface area contributed by atoms with Crippen molar-refractivity contribution in [1.29, 1.82) is 0 Å². The van der Waals surface area contributed by atoms with E-state index in [9.17, 15) is 13.6 Å². The largest absolute Gasteiger partial charge is 0.308 e. The van der Waals surface area contributed by atoms with E-state index >= 15 is 0 Å². The van der Waals surface area contributed by atoms with E-state index in [1.54, 1.807) is 6.92 Å². The van der Waals surface area contributed by atoms with E-state index in [-0.39, 0.29) is 11.2 Å². The molecular formula is C14H13F2N3OS. The van der Waals surface area contributed by atoms with Crippen molar-refractivity contribution in [3.05, 3.63) is 46.7 Å². The summed E-state index contributed by atoms with van der Waals surface area (Å²) in [5.41, 5.74) is 1.82. The molecule has 4 nitrogen and oxygen atoms in total. The SMILES string of the molecule is Cc1[nH]nc2c1[C@@H](c1ccc(F)cc1F)S[C@H](C)C(=O)N2. The van der Waals surface area contributed by atoms with Crippen molar-refractivity contribution in [2.24, 2.45) is 0 Å². The van der Waals surface area contributed by atoms with E-state index in [0.29, 0.717) is 11.4 Å². The number of amides is 1. The van der Waals surface area contributed by atoms with Gasteiger partial charge in [0.15, 0.2) is 5.82 Å². The predicted octanol–water partition coefficient (Wildman–Crippen LogP) is 3.16. The molecule has 110 valence electrons. The highest BCUT2D eigenvalue weighted by Crippen LogP contribution is 2.45. The number of nitrogens with one attached hydrogen (secondary N) is 2. The first-order valence-electron chi connectivity index (χ1n) is 6.43. The van der Waals surface area contributed by atoms with Gasteiger partial charge in [-0.25, -0.2) is 8.78 Å². The second-order valence-electron chi connectivity index (χ2n) is 4.92. The van der Waals surface area contributed by atoms with Crippen LogP contribution in [0.25, 0.3) is 0 Å². The molecule has 2 aromatic rings. The van der Waals surface area contributed by atoms with Crippen molar-refractivity contribution in [3.8, 4) is 0 Å². The van der Waals surface area contributed by atoms with Crippen LogP contribution in [0.5, 0.6) is 0 Å². The molecule has 0 radical (unpaired) electrons. The summed E-state index contributed by atoms with van der Waals surface area (Å²) in [6.45, 7) is 3.56. The molecule has 2 N–H and O–H groups in total. The fourth-order valence-corrected chi connectivity index (χ4v) is 3.70. The number of benzene rings is 1. The molecule has 0 saturated heterocycles. The normalized spacial score (nSPS) is 21.6. The number of carbonyl (C=O) groups excluding carboxylic acids is 1. The van der Waals surface area contributed by atoms with Gasteiger partial charge in [-0.15, -0.1) is 11.8 Å². The number of hydrogen-bond donors (Lipinski definition) is 2.